The van der Waals surface area contributed by atoms with Crippen LogP contribution >= 0.6 is 11.6 Å². The second-order valence-corrected chi connectivity index (χ2v) is 10.3. The van der Waals surface area contributed by atoms with E-state index in [1.165, 1.54) is 0 Å². The third-order valence-corrected chi connectivity index (χ3v) is 7.48. The molecule has 1 unspecified atom stereocenters. The Morgan fingerprint density at radius 3 is 2.56 bits per heavy atom. The van der Waals surface area contributed by atoms with E-state index in [4.69, 9.17) is 30.2 Å². The van der Waals surface area contributed by atoms with Crippen molar-refractivity contribution in [1.82, 2.24) is 9.80 Å². The zero-order valence-electron chi connectivity index (χ0n) is 22.5. The quantitative estimate of drug-likeness (QED) is 0.298. The van der Waals surface area contributed by atoms with E-state index in [1.807, 2.05) is 25.1 Å². The molecule has 1 amide bonds. The van der Waals surface area contributed by atoms with Gasteiger partial charge in [0.15, 0.2) is 16.9 Å². The Bertz CT molecular complexity index is 1380. The number of hydrogen-bond acceptors (Lipinski definition) is 7. The molecule has 9 heteroatoms. The number of carbonyl (C=O) groups is 1. The van der Waals surface area contributed by atoms with Crippen LogP contribution in [-0.2, 0) is 4.74 Å². The highest BCUT2D eigenvalue weighted by molar-refractivity contribution is 6.31. The van der Waals surface area contributed by atoms with Crippen molar-refractivity contribution in [2.24, 2.45) is 0 Å². The van der Waals surface area contributed by atoms with E-state index in [1.54, 1.807) is 23.1 Å². The molecule has 0 spiro atoms. The van der Waals surface area contributed by atoms with Crippen molar-refractivity contribution in [3.05, 3.63) is 68.5 Å². The van der Waals surface area contributed by atoms with Crippen molar-refractivity contribution in [2.75, 3.05) is 52.6 Å². The summed E-state index contributed by atoms with van der Waals surface area (Å²) in [6, 6.07) is 9.94. The topological polar surface area (TPSA) is 81.5 Å². The summed E-state index contributed by atoms with van der Waals surface area (Å²) < 4.78 is 23.4. The molecule has 39 heavy (non-hydrogen) atoms. The molecule has 1 atom stereocenters. The summed E-state index contributed by atoms with van der Waals surface area (Å²) >= 11 is 6.22. The predicted octanol–water partition coefficient (Wildman–Crippen LogP) is 5.29. The molecule has 2 aromatic carbocycles. The van der Waals surface area contributed by atoms with Crippen LogP contribution in [0.3, 0.4) is 0 Å². The number of amides is 1. The average molecular weight is 555 g/mol. The second kappa shape index (κ2) is 12.4. The SMILES string of the molecule is CCCCOc1ccc(C2c3c(oc4ccc(Cl)cc4c3=O)C(=O)N2CCCN2CCOCC2)cc1OCC. The van der Waals surface area contributed by atoms with Gasteiger partial charge in [0.25, 0.3) is 5.91 Å². The number of nitrogens with zero attached hydrogens (tertiary/aromatic N) is 2. The van der Waals surface area contributed by atoms with Crippen molar-refractivity contribution in [1.29, 1.82) is 0 Å². The van der Waals surface area contributed by atoms with Gasteiger partial charge < -0.3 is 23.5 Å². The van der Waals surface area contributed by atoms with E-state index in [0.717, 1.165) is 57.7 Å². The minimum atomic E-state index is -0.610. The first-order valence-corrected chi connectivity index (χ1v) is 14.2. The van der Waals surface area contributed by atoms with Crippen LogP contribution in [0.15, 0.2) is 45.6 Å². The van der Waals surface area contributed by atoms with Crippen LogP contribution < -0.4 is 14.9 Å². The van der Waals surface area contributed by atoms with Crippen LogP contribution in [0.1, 0.15) is 60.8 Å². The molecule has 5 rings (SSSR count). The number of benzene rings is 2. The Morgan fingerprint density at radius 2 is 1.79 bits per heavy atom. The lowest BCUT2D eigenvalue weighted by atomic mass is 9.98. The molecule has 0 saturated carbocycles. The molecule has 1 saturated heterocycles. The first-order valence-electron chi connectivity index (χ1n) is 13.8. The zero-order valence-corrected chi connectivity index (χ0v) is 23.3. The molecule has 0 radical (unpaired) electrons. The van der Waals surface area contributed by atoms with Crippen molar-refractivity contribution in [3.63, 3.8) is 0 Å². The fraction of sp³-hybridized carbons (Fsp3) is 0.467. The Balaban J connectivity index is 1.54. The van der Waals surface area contributed by atoms with Crippen LogP contribution in [-0.4, -0.2) is 68.3 Å². The summed E-state index contributed by atoms with van der Waals surface area (Å²) in [4.78, 5) is 31.7. The fourth-order valence-corrected chi connectivity index (χ4v) is 5.44. The van der Waals surface area contributed by atoms with Gasteiger partial charge in [-0.25, -0.2) is 0 Å². The number of unbranched alkanes of at least 4 members (excludes halogenated alkanes) is 1. The summed E-state index contributed by atoms with van der Waals surface area (Å²) in [6.45, 7) is 9.58. The molecule has 1 aromatic heterocycles. The number of rotatable bonds is 11. The maximum Gasteiger partial charge on any atom is 0.290 e. The lowest BCUT2D eigenvalue weighted by molar-refractivity contribution is 0.0353. The first kappa shape index (κ1) is 27.5. The number of halogens is 1. The highest BCUT2D eigenvalue weighted by atomic mass is 35.5. The molecule has 8 nitrogen and oxygen atoms in total. The van der Waals surface area contributed by atoms with Gasteiger partial charge in [-0.1, -0.05) is 31.0 Å². The van der Waals surface area contributed by atoms with E-state index < -0.39 is 6.04 Å². The molecule has 2 aliphatic heterocycles. The summed E-state index contributed by atoms with van der Waals surface area (Å²) in [6.07, 6.45) is 2.72. The number of carbonyl (C=O) groups excluding carboxylic acids is 1. The molecule has 3 heterocycles. The molecule has 0 N–H and O–H groups in total. The molecule has 3 aromatic rings. The third kappa shape index (κ3) is 5.78. The van der Waals surface area contributed by atoms with Gasteiger partial charge in [-0.15, -0.1) is 0 Å². The van der Waals surface area contributed by atoms with Gasteiger partial charge in [-0.05, 0) is 55.7 Å². The maximum atomic E-state index is 13.8. The van der Waals surface area contributed by atoms with Gasteiger partial charge in [-0.2, -0.15) is 0 Å². The first-order chi connectivity index (χ1) is 19.0. The molecule has 2 aliphatic rings. The lowest BCUT2D eigenvalue weighted by Gasteiger charge is -2.29. The largest absolute Gasteiger partial charge is 0.490 e. The minimum Gasteiger partial charge on any atom is -0.490 e. The number of hydrogen-bond donors (Lipinski definition) is 0. The van der Waals surface area contributed by atoms with E-state index in [0.29, 0.717) is 52.8 Å². The van der Waals surface area contributed by atoms with Crippen LogP contribution in [0.4, 0.5) is 0 Å². The van der Waals surface area contributed by atoms with E-state index in [9.17, 15) is 9.59 Å². The molecular weight excluding hydrogens is 520 g/mol. The zero-order chi connectivity index (χ0) is 27.4. The van der Waals surface area contributed by atoms with Gasteiger partial charge in [0.1, 0.15) is 5.58 Å². The van der Waals surface area contributed by atoms with Crippen LogP contribution in [0.2, 0.25) is 5.02 Å². The van der Waals surface area contributed by atoms with Crippen molar-refractivity contribution in [2.45, 2.75) is 39.2 Å². The monoisotopic (exact) mass is 554 g/mol. The number of fused-ring (bicyclic) bond motifs is 2. The maximum absolute atomic E-state index is 13.8. The predicted molar refractivity (Wildman–Crippen MR) is 150 cm³/mol. The highest BCUT2D eigenvalue weighted by Crippen LogP contribution is 2.41. The van der Waals surface area contributed by atoms with Gasteiger partial charge in [0.2, 0.25) is 5.76 Å². The Hall–Kier alpha value is -3.07. The Labute approximate surface area is 233 Å². The van der Waals surface area contributed by atoms with E-state index in [2.05, 4.69) is 11.8 Å². The lowest BCUT2D eigenvalue weighted by Crippen LogP contribution is -2.38. The summed E-state index contributed by atoms with van der Waals surface area (Å²) in [5.41, 5.74) is 1.21. The fourth-order valence-electron chi connectivity index (χ4n) is 5.27. The minimum absolute atomic E-state index is 0.0902. The summed E-state index contributed by atoms with van der Waals surface area (Å²) in [5, 5.41) is 0.795. The Morgan fingerprint density at radius 1 is 0.974 bits per heavy atom. The van der Waals surface area contributed by atoms with Crippen molar-refractivity contribution >= 4 is 28.5 Å². The van der Waals surface area contributed by atoms with Crippen LogP contribution in [0, 0.1) is 0 Å². The highest BCUT2D eigenvalue weighted by Gasteiger charge is 2.42. The van der Waals surface area contributed by atoms with Gasteiger partial charge in [0.05, 0.1) is 43.4 Å². The molecule has 0 bridgehead atoms. The molecule has 0 aliphatic carbocycles. The van der Waals surface area contributed by atoms with Gasteiger partial charge in [0, 0.05) is 31.2 Å². The van der Waals surface area contributed by atoms with Crippen molar-refractivity contribution < 1.29 is 23.4 Å². The number of morpholine rings is 1. The third-order valence-electron chi connectivity index (χ3n) is 7.24. The standard InChI is InChI=1S/C30H35ClN2O6/c1-3-5-15-38-24-9-7-20(18-25(24)37-4-2)27-26-28(34)22-19-21(31)8-10-23(22)39-29(26)30(35)33(27)12-6-11-32-13-16-36-17-14-32/h7-10,18-19,27H,3-6,11-17H2,1-2H3. The average Bonchev–Trinajstić information content (AvgIpc) is 3.22. The Kier molecular flexibility index (Phi) is 8.75. The van der Waals surface area contributed by atoms with Crippen LogP contribution in [0.5, 0.6) is 11.5 Å². The van der Waals surface area contributed by atoms with E-state index in [-0.39, 0.29) is 17.1 Å². The van der Waals surface area contributed by atoms with E-state index >= 15 is 0 Å². The van der Waals surface area contributed by atoms with Gasteiger partial charge in [-0.3, -0.25) is 14.5 Å². The molecule has 208 valence electrons. The van der Waals surface area contributed by atoms with Crippen LogP contribution in [0.25, 0.3) is 11.0 Å². The van der Waals surface area contributed by atoms with Crippen molar-refractivity contribution in [3.8, 4) is 11.5 Å². The number of ether oxygens (including phenoxy) is 3. The summed E-state index contributed by atoms with van der Waals surface area (Å²) in [5.74, 6) is 1.04. The summed E-state index contributed by atoms with van der Waals surface area (Å²) in [7, 11) is 0. The smallest absolute Gasteiger partial charge is 0.290 e. The normalized spacial score (nSPS) is 17.6. The molecule has 1 fully saturated rings. The molecular formula is C30H35ClN2O6. The second-order valence-electron chi connectivity index (χ2n) is 9.86. The van der Waals surface area contributed by atoms with Gasteiger partial charge >= 0.3 is 0 Å².